The van der Waals surface area contributed by atoms with Crippen molar-refractivity contribution in [1.82, 2.24) is 5.32 Å². The van der Waals surface area contributed by atoms with Crippen LogP contribution in [0, 0.1) is 0 Å². The Hall–Kier alpha value is -1.75. The van der Waals surface area contributed by atoms with Crippen molar-refractivity contribution in [2.24, 2.45) is 0 Å². The number of benzene rings is 1. The number of hydrogen-bond acceptors (Lipinski definition) is 4. The van der Waals surface area contributed by atoms with Crippen LogP contribution in [-0.2, 0) is 0 Å². The minimum atomic E-state index is -0.375. The summed E-state index contributed by atoms with van der Waals surface area (Å²) >= 11 is 0. The maximum atomic E-state index is 11.9. The molecule has 0 spiro atoms. The molecule has 0 saturated carbocycles. The van der Waals surface area contributed by atoms with Crippen LogP contribution in [0.5, 0.6) is 5.75 Å². The lowest BCUT2D eigenvalue weighted by Crippen LogP contribution is -2.27. The summed E-state index contributed by atoms with van der Waals surface area (Å²) in [6.07, 6.45) is 0.853. The first-order valence-corrected chi connectivity index (χ1v) is 6.56. The molecule has 0 bridgehead atoms. The van der Waals surface area contributed by atoms with Gasteiger partial charge in [0.15, 0.2) is 0 Å². The molecule has 1 aromatic rings. The van der Waals surface area contributed by atoms with E-state index in [1.165, 1.54) is 0 Å². The average Bonchev–Trinajstić information content (AvgIpc) is 2.38. The van der Waals surface area contributed by atoms with Crippen molar-refractivity contribution in [3.05, 3.63) is 23.8 Å². The van der Waals surface area contributed by atoms with Gasteiger partial charge < -0.3 is 20.9 Å². The van der Waals surface area contributed by atoms with E-state index in [2.05, 4.69) is 5.32 Å². The third-order valence-corrected chi connectivity index (χ3v) is 2.74. The number of rotatable bonds is 7. The molecule has 5 heteroatoms. The number of carbonyl (C=O) groups is 1. The van der Waals surface area contributed by atoms with Crippen LogP contribution in [0.25, 0.3) is 0 Å². The van der Waals surface area contributed by atoms with Crippen LogP contribution >= 0.6 is 0 Å². The summed E-state index contributed by atoms with van der Waals surface area (Å²) in [4.78, 5) is 11.9. The quantitative estimate of drug-likeness (QED) is 0.654. The van der Waals surface area contributed by atoms with Crippen LogP contribution in [0.15, 0.2) is 18.2 Å². The van der Waals surface area contributed by atoms with Gasteiger partial charge >= 0.3 is 0 Å². The Morgan fingerprint density at radius 3 is 2.79 bits per heavy atom. The molecule has 0 heterocycles. The van der Waals surface area contributed by atoms with Crippen molar-refractivity contribution < 1.29 is 14.6 Å². The molecular formula is C14H22N2O3. The molecule has 1 aromatic carbocycles. The fraction of sp³-hybridized carbons (Fsp3) is 0.500. The van der Waals surface area contributed by atoms with Gasteiger partial charge in [0.05, 0.1) is 12.7 Å². The molecule has 19 heavy (non-hydrogen) atoms. The summed E-state index contributed by atoms with van der Waals surface area (Å²) in [6.45, 7) is 4.73. The Morgan fingerprint density at radius 1 is 1.42 bits per heavy atom. The summed E-state index contributed by atoms with van der Waals surface area (Å²) < 4.78 is 5.34. The number of amides is 1. The van der Waals surface area contributed by atoms with Crippen LogP contribution in [0.2, 0.25) is 0 Å². The lowest BCUT2D eigenvalue weighted by molar-refractivity contribution is 0.0941. The highest BCUT2D eigenvalue weighted by atomic mass is 16.5. The van der Waals surface area contributed by atoms with Crippen molar-refractivity contribution in [1.29, 1.82) is 0 Å². The largest absolute Gasteiger partial charge is 0.494 e. The zero-order chi connectivity index (χ0) is 14.3. The molecule has 0 aliphatic rings. The van der Waals surface area contributed by atoms with Gasteiger partial charge in [-0.05, 0) is 31.9 Å². The normalized spacial score (nSPS) is 11.9. The number of nitrogen functional groups attached to an aromatic ring is 1. The third kappa shape index (κ3) is 5.18. The molecule has 1 atom stereocenters. The number of aliphatic hydroxyl groups is 1. The highest BCUT2D eigenvalue weighted by Gasteiger charge is 2.09. The van der Waals surface area contributed by atoms with E-state index in [0.29, 0.717) is 43.0 Å². The third-order valence-electron chi connectivity index (χ3n) is 2.74. The van der Waals surface area contributed by atoms with E-state index in [0.717, 1.165) is 0 Å². The summed E-state index contributed by atoms with van der Waals surface area (Å²) in [5.41, 5.74) is 6.68. The molecule has 106 valence electrons. The number of carbonyl (C=O) groups excluding carboxylic acids is 1. The van der Waals surface area contributed by atoms with Gasteiger partial charge in [0.25, 0.3) is 5.91 Å². The maximum Gasteiger partial charge on any atom is 0.251 e. The van der Waals surface area contributed by atoms with E-state index >= 15 is 0 Å². The van der Waals surface area contributed by atoms with E-state index in [1.54, 1.807) is 18.2 Å². The Bertz CT molecular complexity index is 421. The topological polar surface area (TPSA) is 84.6 Å². The van der Waals surface area contributed by atoms with E-state index < -0.39 is 0 Å². The van der Waals surface area contributed by atoms with Crippen molar-refractivity contribution in [3.63, 3.8) is 0 Å². The molecule has 1 rings (SSSR count). The van der Waals surface area contributed by atoms with Gasteiger partial charge in [-0.3, -0.25) is 4.79 Å². The van der Waals surface area contributed by atoms with Crippen molar-refractivity contribution in [2.75, 3.05) is 18.9 Å². The second-order valence-corrected chi connectivity index (χ2v) is 4.33. The number of ether oxygens (including phenoxy) is 1. The first-order chi connectivity index (χ1) is 9.06. The van der Waals surface area contributed by atoms with Gasteiger partial charge in [-0.25, -0.2) is 0 Å². The molecular weight excluding hydrogens is 244 g/mol. The number of anilines is 1. The predicted molar refractivity (Wildman–Crippen MR) is 75.3 cm³/mol. The molecule has 0 fully saturated rings. The molecule has 0 aliphatic heterocycles. The van der Waals surface area contributed by atoms with Gasteiger partial charge in [0.2, 0.25) is 0 Å². The van der Waals surface area contributed by atoms with Gasteiger partial charge in [-0.1, -0.05) is 6.92 Å². The van der Waals surface area contributed by atoms with Crippen LogP contribution < -0.4 is 15.8 Å². The number of nitrogens with two attached hydrogens (primary N) is 1. The fourth-order valence-corrected chi connectivity index (χ4v) is 1.66. The van der Waals surface area contributed by atoms with E-state index in [9.17, 15) is 9.90 Å². The molecule has 1 amide bonds. The summed E-state index contributed by atoms with van der Waals surface area (Å²) in [5, 5.41) is 12.2. The van der Waals surface area contributed by atoms with Crippen LogP contribution in [0.3, 0.4) is 0 Å². The lowest BCUT2D eigenvalue weighted by Gasteiger charge is -2.10. The summed E-state index contributed by atoms with van der Waals surface area (Å²) in [6, 6.07) is 4.95. The number of nitrogens with one attached hydrogen (secondary N) is 1. The molecule has 0 aromatic heterocycles. The van der Waals surface area contributed by atoms with Crippen LogP contribution in [0.1, 0.15) is 37.0 Å². The Kier molecular flexibility index (Phi) is 6.15. The molecule has 5 nitrogen and oxygen atoms in total. The molecule has 0 saturated heterocycles. The van der Waals surface area contributed by atoms with Gasteiger partial charge in [-0.15, -0.1) is 0 Å². The summed E-state index contributed by atoms with van der Waals surface area (Å²) in [7, 11) is 0. The van der Waals surface area contributed by atoms with E-state index in [4.69, 9.17) is 10.5 Å². The van der Waals surface area contributed by atoms with E-state index in [1.807, 2.05) is 13.8 Å². The van der Waals surface area contributed by atoms with Crippen LogP contribution in [-0.4, -0.2) is 30.3 Å². The molecule has 0 aliphatic carbocycles. The molecule has 1 unspecified atom stereocenters. The van der Waals surface area contributed by atoms with Gasteiger partial charge in [0, 0.05) is 23.9 Å². The zero-order valence-corrected chi connectivity index (χ0v) is 11.5. The van der Waals surface area contributed by atoms with Crippen molar-refractivity contribution >= 4 is 11.6 Å². The zero-order valence-electron chi connectivity index (χ0n) is 11.5. The summed E-state index contributed by atoms with van der Waals surface area (Å²) in [5.74, 6) is 0.373. The second kappa shape index (κ2) is 7.63. The minimum Gasteiger partial charge on any atom is -0.494 e. The number of aliphatic hydroxyl groups excluding tert-OH is 1. The highest BCUT2D eigenvalue weighted by molar-refractivity contribution is 5.95. The lowest BCUT2D eigenvalue weighted by atomic mass is 10.1. The standard InChI is InChI=1S/C14H22N2O3/c1-3-12(17)5-6-16-14(18)10-7-11(15)9-13(8-10)19-4-2/h7-9,12,17H,3-6,15H2,1-2H3,(H,16,18). The smallest absolute Gasteiger partial charge is 0.251 e. The van der Waals surface area contributed by atoms with Crippen LogP contribution in [0.4, 0.5) is 5.69 Å². The maximum absolute atomic E-state index is 11.9. The van der Waals surface area contributed by atoms with E-state index in [-0.39, 0.29) is 12.0 Å². The number of hydrogen-bond donors (Lipinski definition) is 3. The SMILES string of the molecule is CCOc1cc(N)cc(C(=O)NCCC(O)CC)c1. The first kappa shape index (κ1) is 15.3. The van der Waals surface area contributed by atoms with Crippen molar-refractivity contribution in [3.8, 4) is 5.75 Å². The Balaban J connectivity index is 2.61. The van der Waals surface area contributed by atoms with Crippen molar-refractivity contribution in [2.45, 2.75) is 32.8 Å². The van der Waals surface area contributed by atoms with Gasteiger partial charge in [-0.2, -0.15) is 0 Å². The molecule has 0 radical (unpaired) electrons. The second-order valence-electron chi connectivity index (χ2n) is 4.33. The Labute approximate surface area is 113 Å². The first-order valence-electron chi connectivity index (χ1n) is 6.56. The predicted octanol–water partition coefficient (Wildman–Crippen LogP) is 1.56. The average molecular weight is 266 g/mol. The highest BCUT2D eigenvalue weighted by Crippen LogP contribution is 2.18. The van der Waals surface area contributed by atoms with Gasteiger partial charge in [0.1, 0.15) is 5.75 Å². The fourth-order valence-electron chi connectivity index (χ4n) is 1.66. The Morgan fingerprint density at radius 2 is 2.16 bits per heavy atom. The monoisotopic (exact) mass is 266 g/mol. The minimum absolute atomic E-state index is 0.212. The molecule has 4 N–H and O–H groups in total.